The Hall–Kier alpha value is -0.900. The Balaban J connectivity index is 2.09. The Bertz CT molecular complexity index is 431. The number of rotatable bonds is 4. The van der Waals surface area contributed by atoms with Crippen LogP contribution in [0.2, 0.25) is 0 Å². The van der Waals surface area contributed by atoms with Gasteiger partial charge in [-0.15, -0.1) is 0 Å². The molecule has 1 fully saturated rings. The average molecular weight is 262 g/mol. The minimum absolute atomic E-state index is 0.171. The number of hydrogen-bond acceptors (Lipinski definition) is 3. The number of aliphatic hydroxyl groups is 1. The zero-order valence-corrected chi connectivity index (χ0v) is 12.6. The number of β-amino-alcohol motifs (C(OH)–C–C–N with tert-alkyl or cyclic N) is 1. The maximum absolute atomic E-state index is 9.92. The van der Waals surface area contributed by atoms with Gasteiger partial charge in [0.1, 0.15) is 0 Å². The third-order valence-electron chi connectivity index (χ3n) is 3.96. The van der Waals surface area contributed by atoms with Gasteiger partial charge in [0.15, 0.2) is 0 Å². The van der Waals surface area contributed by atoms with Gasteiger partial charge in [-0.25, -0.2) is 0 Å². The molecule has 1 N–H and O–H groups in total. The van der Waals surface area contributed by atoms with E-state index in [2.05, 4.69) is 55.9 Å². The van der Waals surface area contributed by atoms with Gasteiger partial charge in [0.05, 0.1) is 6.10 Å². The summed E-state index contributed by atoms with van der Waals surface area (Å²) < 4.78 is 0. The normalized spacial score (nSPS) is 24.3. The van der Waals surface area contributed by atoms with Gasteiger partial charge in [-0.2, -0.15) is 0 Å². The van der Waals surface area contributed by atoms with Gasteiger partial charge in [0.2, 0.25) is 0 Å². The molecule has 0 saturated carbocycles. The largest absolute Gasteiger partial charge is 0.392 e. The summed E-state index contributed by atoms with van der Waals surface area (Å²) in [6.07, 6.45) is 0.721. The van der Waals surface area contributed by atoms with E-state index in [4.69, 9.17) is 0 Å². The second kappa shape index (κ2) is 6.04. The Morgan fingerprint density at radius 3 is 2.74 bits per heavy atom. The number of hydrogen-bond donors (Lipinski definition) is 1. The molecule has 0 amide bonds. The van der Waals surface area contributed by atoms with Crippen LogP contribution in [0.15, 0.2) is 18.2 Å². The highest BCUT2D eigenvalue weighted by Gasteiger charge is 2.31. The quantitative estimate of drug-likeness (QED) is 0.896. The summed E-state index contributed by atoms with van der Waals surface area (Å²) in [4.78, 5) is 4.63. The minimum atomic E-state index is -0.171. The molecule has 0 bridgehead atoms. The van der Waals surface area contributed by atoms with Crippen LogP contribution in [0.1, 0.15) is 23.1 Å². The number of likely N-dealkylation sites (N-methyl/N-ethyl adjacent to an activating group) is 1. The lowest BCUT2D eigenvalue weighted by atomic mass is 10.0. The van der Waals surface area contributed by atoms with E-state index in [1.807, 2.05) is 0 Å². The highest BCUT2D eigenvalue weighted by Crippen LogP contribution is 2.22. The maximum atomic E-state index is 9.92. The van der Waals surface area contributed by atoms with Crippen LogP contribution in [0.3, 0.4) is 0 Å². The second-order valence-electron chi connectivity index (χ2n) is 6.16. The summed E-state index contributed by atoms with van der Waals surface area (Å²) in [6, 6.07) is 7.09. The molecule has 1 aromatic carbocycles. The predicted molar refractivity (Wildman–Crippen MR) is 79.3 cm³/mol. The lowest BCUT2D eigenvalue weighted by molar-refractivity contribution is 0.169. The van der Waals surface area contributed by atoms with Crippen molar-refractivity contribution < 1.29 is 5.11 Å². The molecule has 1 heterocycles. The fraction of sp³-hybridized carbons (Fsp3) is 0.625. The lowest BCUT2D eigenvalue weighted by Gasteiger charge is -2.27. The molecule has 3 nitrogen and oxygen atoms in total. The van der Waals surface area contributed by atoms with E-state index in [0.717, 1.165) is 26.1 Å². The van der Waals surface area contributed by atoms with E-state index in [1.165, 1.54) is 16.7 Å². The SMILES string of the molecule is Cc1ccc(C)c(CN2CC(O)CC2CN(C)C)c1. The van der Waals surface area contributed by atoms with E-state index in [9.17, 15) is 5.11 Å². The molecule has 0 aromatic heterocycles. The van der Waals surface area contributed by atoms with Crippen molar-refractivity contribution in [2.75, 3.05) is 27.2 Å². The van der Waals surface area contributed by atoms with E-state index in [-0.39, 0.29) is 6.10 Å². The highest BCUT2D eigenvalue weighted by atomic mass is 16.3. The van der Waals surface area contributed by atoms with Gasteiger partial charge in [0, 0.05) is 25.7 Å². The summed E-state index contributed by atoms with van der Waals surface area (Å²) >= 11 is 0. The lowest BCUT2D eigenvalue weighted by Crippen LogP contribution is -2.37. The molecule has 1 aliphatic rings. The third-order valence-corrected chi connectivity index (χ3v) is 3.96. The van der Waals surface area contributed by atoms with E-state index in [1.54, 1.807) is 0 Å². The Kier molecular flexibility index (Phi) is 4.61. The predicted octanol–water partition coefficient (Wildman–Crippen LogP) is 1.80. The summed E-state index contributed by atoms with van der Waals surface area (Å²) in [5, 5.41) is 9.92. The topological polar surface area (TPSA) is 26.7 Å². The van der Waals surface area contributed by atoms with Gasteiger partial charge in [-0.1, -0.05) is 23.8 Å². The van der Waals surface area contributed by atoms with Crippen molar-refractivity contribution in [3.05, 3.63) is 34.9 Å². The number of likely N-dealkylation sites (tertiary alicyclic amines) is 1. The molecule has 1 aromatic rings. The van der Waals surface area contributed by atoms with Crippen molar-refractivity contribution in [3.63, 3.8) is 0 Å². The average Bonchev–Trinajstić information content (AvgIpc) is 2.63. The second-order valence-corrected chi connectivity index (χ2v) is 6.16. The molecule has 2 atom stereocenters. The smallest absolute Gasteiger partial charge is 0.0682 e. The van der Waals surface area contributed by atoms with E-state index >= 15 is 0 Å². The highest BCUT2D eigenvalue weighted by molar-refractivity contribution is 5.30. The van der Waals surface area contributed by atoms with Crippen molar-refractivity contribution >= 4 is 0 Å². The Morgan fingerprint density at radius 1 is 1.32 bits per heavy atom. The van der Waals surface area contributed by atoms with Crippen LogP contribution in [0.4, 0.5) is 0 Å². The molecule has 1 saturated heterocycles. The fourth-order valence-corrected chi connectivity index (χ4v) is 2.95. The summed E-state index contributed by atoms with van der Waals surface area (Å²) in [7, 11) is 4.20. The van der Waals surface area contributed by atoms with Crippen LogP contribution in [-0.2, 0) is 6.54 Å². The molecule has 1 aliphatic heterocycles. The number of nitrogens with zero attached hydrogens (tertiary/aromatic N) is 2. The summed E-state index contributed by atoms with van der Waals surface area (Å²) in [6.45, 7) is 7.07. The van der Waals surface area contributed by atoms with Gasteiger partial charge < -0.3 is 10.0 Å². The number of benzene rings is 1. The van der Waals surface area contributed by atoms with Crippen molar-refractivity contribution in [3.8, 4) is 0 Å². The molecule has 0 spiro atoms. The van der Waals surface area contributed by atoms with Gasteiger partial charge in [0.25, 0.3) is 0 Å². The summed E-state index contributed by atoms with van der Waals surface area (Å²) in [5.41, 5.74) is 4.04. The first kappa shape index (κ1) is 14.5. The Morgan fingerprint density at radius 2 is 2.05 bits per heavy atom. The van der Waals surface area contributed by atoms with Crippen LogP contribution in [0.5, 0.6) is 0 Å². The van der Waals surface area contributed by atoms with Crippen LogP contribution in [0, 0.1) is 13.8 Å². The summed E-state index contributed by atoms with van der Waals surface area (Å²) in [5.74, 6) is 0. The van der Waals surface area contributed by atoms with Crippen LogP contribution < -0.4 is 0 Å². The van der Waals surface area contributed by atoms with Crippen LogP contribution in [0.25, 0.3) is 0 Å². The van der Waals surface area contributed by atoms with Crippen molar-refractivity contribution in [2.24, 2.45) is 0 Å². The first-order valence-corrected chi connectivity index (χ1v) is 7.08. The molecule has 0 aliphatic carbocycles. The zero-order chi connectivity index (χ0) is 14.0. The third kappa shape index (κ3) is 3.78. The van der Waals surface area contributed by atoms with Gasteiger partial charge >= 0.3 is 0 Å². The number of aliphatic hydroxyl groups excluding tert-OH is 1. The molecule has 2 rings (SSSR count). The van der Waals surface area contributed by atoms with Gasteiger partial charge in [-0.3, -0.25) is 4.90 Å². The molecule has 106 valence electrons. The molecule has 0 radical (unpaired) electrons. The molecule has 2 unspecified atom stereocenters. The van der Waals surface area contributed by atoms with Crippen molar-refractivity contribution in [1.29, 1.82) is 0 Å². The Labute approximate surface area is 116 Å². The van der Waals surface area contributed by atoms with Gasteiger partial charge in [-0.05, 0) is 45.5 Å². The van der Waals surface area contributed by atoms with Crippen molar-refractivity contribution in [2.45, 2.75) is 39.0 Å². The minimum Gasteiger partial charge on any atom is -0.392 e. The molecule has 19 heavy (non-hydrogen) atoms. The van der Waals surface area contributed by atoms with Crippen molar-refractivity contribution in [1.82, 2.24) is 9.80 Å². The van der Waals surface area contributed by atoms with Crippen LogP contribution in [-0.4, -0.2) is 54.2 Å². The molecular weight excluding hydrogens is 236 g/mol. The van der Waals surface area contributed by atoms with Crippen LogP contribution >= 0.6 is 0 Å². The number of aryl methyl sites for hydroxylation is 2. The first-order chi connectivity index (χ1) is 8.95. The monoisotopic (exact) mass is 262 g/mol. The first-order valence-electron chi connectivity index (χ1n) is 7.08. The maximum Gasteiger partial charge on any atom is 0.0682 e. The van der Waals surface area contributed by atoms with E-state index < -0.39 is 0 Å². The zero-order valence-electron chi connectivity index (χ0n) is 12.6. The standard InChI is InChI=1S/C16H26N2O/c1-12-5-6-13(2)14(7-12)9-18-11-16(19)8-15(18)10-17(3)4/h5-7,15-16,19H,8-11H2,1-4H3. The molecular formula is C16H26N2O. The molecule has 3 heteroatoms. The van der Waals surface area contributed by atoms with E-state index in [0.29, 0.717) is 6.04 Å². The fourth-order valence-electron chi connectivity index (χ4n) is 2.95.